The molecule has 19 heavy (non-hydrogen) atoms. The lowest BCUT2D eigenvalue weighted by Gasteiger charge is -2.13. The first-order chi connectivity index (χ1) is 9.22. The Labute approximate surface area is 112 Å². The van der Waals surface area contributed by atoms with E-state index in [2.05, 4.69) is 0 Å². The van der Waals surface area contributed by atoms with Gasteiger partial charge in [0.25, 0.3) is 0 Å². The third-order valence-electron chi connectivity index (χ3n) is 3.12. The maximum atomic E-state index is 14.0. The third kappa shape index (κ3) is 3.32. The van der Waals surface area contributed by atoms with Crippen molar-refractivity contribution in [2.45, 2.75) is 18.9 Å². The summed E-state index contributed by atoms with van der Waals surface area (Å²) in [5.41, 5.74) is 1.42. The molecule has 2 aromatic rings. The van der Waals surface area contributed by atoms with E-state index in [9.17, 15) is 9.50 Å². The summed E-state index contributed by atoms with van der Waals surface area (Å²) in [6.07, 6.45) is 0.363. The van der Waals surface area contributed by atoms with E-state index in [1.165, 1.54) is 7.11 Å². The Morgan fingerprint density at radius 3 is 2.53 bits per heavy atom. The van der Waals surface area contributed by atoms with E-state index < -0.39 is 11.9 Å². The molecule has 0 aliphatic rings. The molecule has 0 amide bonds. The summed E-state index contributed by atoms with van der Waals surface area (Å²) in [5, 5.41) is 10.1. The topological polar surface area (TPSA) is 29.5 Å². The van der Waals surface area contributed by atoms with Crippen LogP contribution in [0, 0.1) is 5.82 Å². The highest BCUT2D eigenvalue weighted by Gasteiger charge is 2.15. The van der Waals surface area contributed by atoms with Gasteiger partial charge in [-0.1, -0.05) is 42.5 Å². The van der Waals surface area contributed by atoms with Crippen LogP contribution in [0.25, 0.3) is 0 Å². The molecule has 1 atom stereocenters. The number of rotatable bonds is 5. The smallest absolute Gasteiger partial charge is 0.170 e. The fourth-order valence-corrected chi connectivity index (χ4v) is 2.05. The number of benzene rings is 2. The van der Waals surface area contributed by atoms with Crippen LogP contribution in [-0.4, -0.2) is 12.2 Å². The maximum absolute atomic E-state index is 14.0. The van der Waals surface area contributed by atoms with E-state index in [1.807, 2.05) is 30.3 Å². The number of hydrogen-bond acceptors (Lipinski definition) is 2. The highest BCUT2D eigenvalue weighted by atomic mass is 19.1. The Kier molecular flexibility index (Phi) is 4.53. The number of hydrogen-bond donors (Lipinski definition) is 1. The van der Waals surface area contributed by atoms with Crippen molar-refractivity contribution in [3.05, 3.63) is 65.5 Å². The van der Waals surface area contributed by atoms with E-state index in [4.69, 9.17) is 4.74 Å². The van der Waals surface area contributed by atoms with Gasteiger partial charge in [-0.25, -0.2) is 4.39 Å². The lowest BCUT2D eigenvalue weighted by Crippen LogP contribution is -2.03. The lowest BCUT2D eigenvalue weighted by atomic mass is 10.0. The second kappa shape index (κ2) is 6.34. The number of aryl methyl sites for hydroxylation is 1. The van der Waals surface area contributed by atoms with Gasteiger partial charge >= 0.3 is 0 Å². The van der Waals surface area contributed by atoms with E-state index in [0.29, 0.717) is 12.8 Å². The van der Waals surface area contributed by atoms with Gasteiger partial charge in [0.05, 0.1) is 13.2 Å². The van der Waals surface area contributed by atoms with Gasteiger partial charge in [-0.15, -0.1) is 0 Å². The van der Waals surface area contributed by atoms with E-state index in [0.717, 1.165) is 5.56 Å². The minimum Gasteiger partial charge on any atom is -0.494 e. The molecule has 2 aromatic carbocycles. The molecule has 0 heterocycles. The predicted octanol–water partition coefficient (Wildman–Crippen LogP) is 3.50. The molecule has 0 saturated heterocycles. The zero-order valence-corrected chi connectivity index (χ0v) is 10.8. The summed E-state index contributed by atoms with van der Waals surface area (Å²) < 4.78 is 18.9. The monoisotopic (exact) mass is 260 g/mol. The van der Waals surface area contributed by atoms with Gasteiger partial charge in [0.15, 0.2) is 11.6 Å². The zero-order chi connectivity index (χ0) is 13.7. The van der Waals surface area contributed by atoms with Crippen LogP contribution >= 0.6 is 0 Å². The van der Waals surface area contributed by atoms with Crippen LogP contribution in [-0.2, 0) is 6.42 Å². The number of aliphatic hydroxyl groups excluding tert-OH is 1. The van der Waals surface area contributed by atoms with Crippen molar-refractivity contribution in [2.24, 2.45) is 0 Å². The molecule has 2 rings (SSSR count). The van der Waals surface area contributed by atoms with E-state index in [1.54, 1.807) is 18.2 Å². The quantitative estimate of drug-likeness (QED) is 0.891. The first-order valence-corrected chi connectivity index (χ1v) is 6.26. The summed E-state index contributed by atoms with van der Waals surface area (Å²) in [6, 6.07) is 14.7. The molecule has 100 valence electrons. The number of methoxy groups -OCH3 is 1. The van der Waals surface area contributed by atoms with Crippen LogP contribution in [0.5, 0.6) is 5.75 Å². The highest BCUT2D eigenvalue weighted by Crippen LogP contribution is 2.27. The maximum Gasteiger partial charge on any atom is 0.170 e. The first-order valence-electron chi connectivity index (χ1n) is 6.26. The molecule has 1 N–H and O–H groups in total. The average molecular weight is 260 g/mol. The van der Waals surface area contributed by atoms with Crippen molar-refractivity contribution in [2.75, 3.05) is 7.11 Å². The molecular weight excluding hydrogens is 243 g/mol. The summed E-state index contributed by atoms with van der Waals surface area (Å²) in [6.45, 7) is 0. The molecule has 0 fully saturated rings. The summed E-state index contributed by atoms with van der Waals surface area (Å²) in [4.78, 5) is 0. The van der Waals surface area contributed by atoms with Crippen LogP contribution < -0.4 is 4.74 Å². The van der Waals surface area contributed by atoms with E-state index in [-0.39, 0.29) is 11.3 Å². The number of ether oxygens (including phenoxy) is 1. The van der Waals surface area contributed by atoms with Gasteiger partial charge in [0.1, 0.15) is 0 Å². The Balaban J connectivity index is 2.06. The molecule has 0 aliphatic heterocycles. The minimum atomic E-state index is -0.824. The molecule has 0 bridgehead atoms. The molecule has 2 nitrogen and oxygen atoms in total. The zero-order valence-electron chi connectivity index (χ0n) is 10.8. The summed E-state index contributed by atoms with van der Waals surface area (Å²) in [7, 11) is 1.42. The molecule has 0 aromatic heterocycles. The van der Waals surface area contributed by atoms with E-state index >= 15 is 0 Å². The molecule has 3 heteroatoms. The van der Waals surface area contributed by atoms with Crippen LogP contribution in [0.15, 0.2) is 48.5 Å². The van der Waals surface area contributed by atoms with Gasteiger partial charge in [-0.05, 0) is 24.5 Å². The Bertz CT molecular complexity index is 526. The number of halogens is 1. The second-order valence-corrected chi connectivity index (χ2v) is 4.40. The summed E-state index contributed by atoms with van der Waals surface area (Å²) in [5.74, 6) is -0.318. The van der Waals surface area contributed by atoms with Crippen LogP contribution in [0.4, 0.5) is 4.39 Å². The van der Waals surface area contributed by atoms with Crippen molar-refractivity contribution >= 4 is 0 Å². The predicted molar refractivity (Wildman–Crippen MR) is 72.7 cm³/mol. The fraction of sp³-hybridized carbons (Fsp3) is 0.250. The van der Waals surface area contributed by atoms with Crippen molar-refractivity contribution in [3.63, 3.8) is 0 Å². The van der Waals surface area contributed by atoms with Crippen molar-refractivity contribution in [3.8, 4) is 5.75 Å². The minimum absolute atomic E-state index is 0.163. The normalized spacial score (nSPS) is 12.2. The van der Waals surface area contributed by atoms with Gasteiger partial charge in [-0.3, -0.25) is 0 Å². The van der Waals surface area contributed by atoms with Crippen molar-refractivity contribution < 1.29 is 14.2 Å². The molecule has 0 radical (unpaired) electrons. The van der Waals surface area contributed by atoms with Gasteiger partial charge in [-0.2, -0.15) is 0 Å². The standard InChI is InChI=1S/C16H17FO2/c1-19-15-9-5-8-13(16(15)17)14(18)11-10-12-6-3-2-4-7-12/h2-9,14,18H,10-11H2,1H3. The Hall–Kier alpha value is -1.87. The lowest BCUT2D eigenvalue weighted by molar-refractivity contribution is 0.162. The number of aliphatic hydroxyl groups is 1. The molecule has 0 spiro atoms. The molecular formula is C16H17FO2. The third-order valence-corrected chi connectivity index (χ3v) is 3.12. The van der Waals surface area contributed by atoms with Gasteiger partial charge in [0, 0.05) is 5.56 Å². The van der Waals surface area contributed by atoms with Crippen molar-refractivity contribution in [1.82, 2.24) is 0 Å². The van der Waals surface area contributed by atoms with Crippen LogP contribution in [0.2, 0.25) is 0 Å². The Morgan fingerprint density at radius 1 is 1.11 bits per heavy atom. The van der Waals surface area contributed by atoms with Gasteiger partial charge in [0.2, 0.25) is 0 Å². The first kappa shape index (κ1) is 13.6. The fourth-order valence-electron chi connectivity index (χ4n) is 2.05. The molecule has 0 saturated carbocycles. The SMILES string of the molecule is COc1cccc(C(O)CCc2ccccc2)c1F. The Morgan fingerprint density at radius 2 is 1.84 bits per heavy atom. The molecule has 1 unspecified atom stereocenters. The van der Waals surface area contributed by atoms with Gasteiger partial charge < -0.3 is 9.84 Å². The molecule has 0 aliphatic carbocycles. The van der Waals surface area contributed by atoms with Crippen molar-refractivity contribution in [1.29, 1.82) is 0 Å². The largest absolute Gasteiger partial charge is 0.494 e. The van der Waals surface area contributed by atoms with Crippen LogP contribution in [0.3, 0.4) is 0 Å². The second-order valence-electron chi connectivity index (χ2n) is 4.40. The average Bonchev–Trinajstić information content (AvgIpc) is 2.46. The highest BCUT2D eigenvalue weighted by molar-refractivity contribution is 5.32. The van der Waals surface area contributed by atoms with Crippen LogP contribution in [0.1, 0.15) is 23.7 Å². The summed E-state index contributed by atoms with van der Waals surface area (Å²) >= 11 is 0.